The molecule has 0 saturated heterocycles. The lowest BCUT2D eigenvalue weighted by molar-refractivity contribution is -0.164. The fraction of sp³-hybridized carbons (Fsp3) is 0.353. The molecule has 1 aromatic carbocycles. The van der Waals surface area contributed by atoms with E-state index in [0.717, 1.165) is 36.0 Å². The molecule has 0 saturated carbocycles. The fourth-order valence-corrected chi connectivity index (χ4v) is 4.26. The van der Waals surface area contributed by atoms with Crippen LogP contribution in [0.4, 0.5) is 27.6 Å². The number of alkyl halides is 3. The van der Waals surface area contributed by atoms with Gasteiger partial charge in [0.2, 0.25) is 10.0 Å². The molecule has 1 N–H and O–H groups in total. The van der Waals surface area contributed by atoms with E-state index in [4.69, 9.17) is 0 Å². The molecule has 1 amide bonds. The highest BCUT2D eigenvalue weighted by Gasteiger charge is 2.44. The topological polar surface area (TPSA) is 71.4 Å². The number of rotatable bonds is 5. The summed E-state index contributed by atoms with van der Waals surface area (Å²) in [5.41, 5.74) is -0.336. The molecule has 12 heteroatoms. The minimum atomic E-state index is -4.78. The van der Waals surface area contributed by atoms with Gasteiger partial charge in [-0.3, -0.25) is 4.79 Å². The van der Waals surface area contributed by atoms with E-state index in [0.29, 0.717) is 6.92 Å². The van der Waals surface area contributed by atoms with Crippen LogP contribution in [0.15, 0.2) is 29.3 Å². The van der Waals surface area contributed by atoms with Crippen molar-refractivity contribution in [3.8, 4) is 0 Å². The van der Waals surface area contributed by atoms with Gasteiger partial charge < -0.3 is 9.88 Å². The predicted octanol–water partition coefficient (Wildman–Crippen LogP) is 3.44. The maximum absolute atomic E-state index is 13.3. The van der Waals surface area contributed by atoms with Crippen LogP contribution in [0.3, 0.4) is 0 Å². The number of nitrogens with one attached hydrogen (secondary N) is 1. The maximum Gasteiger partial charge on any atom is 0.404 e. The van der Waals surface area contributed by atoms with Crippen molar-refractivity contribution in [3.63, 3.8) is 0 Å². The third-order valence-electron chi connectivity index (χ3n) is 4.46. The second-order valence-corrected chi connectivity index (χ2v) is 8.37. The number of nitrogens with zero attached hydrogens (tertiary/aromatic N) is 2. The largest absolute Gasteiger partial charge is 0.404 e. The van der Waals surface area contributed by atoms with Crippen LogP contribution >= 0.6 is 0 Å². The van der Waals surface area contributed by atoms with Gasteiger partial charge in [-0.25, -0.2) is 17.2 Å². The van der Waals surface area contributed by atoms with Gasteiger partial charge >= 0.3 is 6.18 Å². The molecular weight excluding hydrogens is 421 g/mol. The van der Waals surface area contributed by atoms with E-state index in [-0.39, 0.29) is 21.2 Å². The first-order valence-corrected chi connectivity index (χ1v) is 9.59. The van der Waals surface area contributed by atoms with Crippen LogP contribution in [-0.4, -0.2) is 42.5 Å². The number of hydrogen-bond acceptors (Lipinski definition) is 3. The molecule has 0 fully saturated rings. The third kappa shape index (κ3) is 4.42. The first-order chi connectivity index (χ1) is 13.2. The number of carbonyl (C=O) groups excluding carboxylic acids is 1. The van der Waals surface area contributed by atoms with Crippen LogP contribution in [0.2, 0.25) is 0 Å². The third-order valence-corrected chi connectivity index (χ3v) is 6.50. The summed E-state index contributed by atoms with van der Waals surface area (Å²) in [5, 5.41) is 2.29. The monoisotopic (exact) mass is 439 g/mol. The lowest BCUT2D eigenvalue weighted by atomic mass is 10.2. The zero-order valence-corrected chi connectivity index (χ0v) is 16.6. The fourth-order valence-electron chi connectivity index (χ4n) is 2.64. The Morgan fingerprint density at radius 2 is 1.79 bits per heavy atom. The highest BCUT2D eigenvalue weighted by atomic mass is 32.2. The van der Waals surface area contributed by atoms with E-state index >= 15 is 0 Å². The van der Waals surface area contributed by atoms with Gasteiger partial charge in [-0.15, -0.1) is 0 Å². The zero-order chi connectivity index (χ0) is 22.3. The number of carbonyl (C=O) groups is 1. The summed E-state index contributed by atoms with van der Waals surface area (Å²) in [4.78, 5) is 12.0. The molecule has 2 aromatic rings. The summed E-state index contributed by atoms with van der Waals surface area (Å²) >= 11 is 0. The molecule has 160 valence electrons. The van der Waals surface area contributed by atoms with Crippen molar-refractivity contribution < 1.29 is 35.2 Å². The summed E-state index contributed by atoms with van der Waals surface area (Å²) < 4.78 is 91.7. The Kier molecular flexibility index (Phi) is 6.09. The SMILES string of the molecule is Cc1c(S(=O)(=O)N(C)[C@H](C)C(F)(F)F)cn(C)c1C(=O)Nc1ccc(F)c(F)c1. The van der Waals surface area contributed by atoms with E-state index in [1.807, 2.05) is 0 Å². The molecule has 6 nitrogen and oxygen atoms in total. The molecule has 0 spiro atoms. The molecule has 0 radical (unpaired) electrons. The van der Waals surface area contributed by atoms with Crippen molar-refractivity contribution in [2.24, 2.45) is 7.05 Å². The molecular formula is C17H18F5N3O3S. The van der Waals surface area contributed by atoms with Crippen LogP contribution in [-0.2, 0) is 17.1 Å². The molecule has 1 heterocycles. The van der Waals surface area contributed by atoms with Gasteiger partial charge in [0, 0.05) is 32.0 Å². The molecule has 29 heavy (non-hydrogen) atoms. The average molecular weight is 439 g/mol. The average Bonchev–Trinajstić information content (AvgIpc) is 2.91. The predicted molar refractivity (Wildman–Crippen MR) is 94.9 cm³/mol. The summed E-state index contributed by atoms with van der Waals surface area (Å²) in [7, 11) is -2.44. The Morgan fingerprint density at radius 1 is 1.21 bits per heavy atom. The maximum atomic E-state index is 13.3. The van der Waals surface area contributed by atoms with Gasteiger partial charge in [0.1, 0.15) is 16.6 Å². The van der Waals surface area contributed by atoms with Crippen LogP contribution in [0, 0.1) is 18.6 Å². The van der Waals surface area contributed by atoms with Gasteiger partial charge in [-0.05, 0) is 31.5 Å². The quantitative estimate of drug-likeness (QED) is 0.726. The second-order valence-electron chi connectivity index (χ2n) is 6.40. The molecule has 1 atom stereocenters. The van der Waals surface area contributed by atoms with Crippen molar-refractivity contribution in [3.05, 3.63) is 47.3 Å². The number of hydrogen-bond donors (Lipinski definition) is 1. The lowest BCUT2D eigenvalue weighted by Gasteiger charge is -2.26. The number of aryl methyl sites for hydroxylation is 1. The van der Waals surface area contributed by atoms with Crippen LogP contribution in [0.5, 0.6) is 0 Å². The van der Waals surface area contributed by atoms with Gasteiger partial charge in [0.15, 0.2) is 11.6 Å². The standard InChI is InChI=1S/C17H18F5N3O3S/c1-9-14(29(27,28)25(4)10(2)17(20,21)22)8-24(3)15(9)16(26)23-11-5-6-12(18)13(19)7-11/h5-8,10H,1-4H3,(H,23,26)/t10-/m1/s1. The Hall–Kier alpha value is -2.47. The van der Waals surface area contributed by atoms with E-state index in [1.165, 1.54) is 14.0 Å². The van der Waals surface area contributed by atoms with E-state index < -0.39 is 44.7 Å². The van der Waals surface area contributed by atoms with Crippen molar-refractivity contribution in [2.75, 3.05) is 12.4 Å². The summed E-state index contributed by atoms with van der Waals surface area (Å²) in [6.45, 7) is 1.96. The smallest absolute Gasteiger partial charge is 0.345 e. The van der Waals surface area contributed by atoms with Gasteiger partial charge in [-0.1, -0.05) is 0 Å². The number of anilines is 1. The minimum Gasteiger partial charge on any atom is -0.345 e. The number of halogens is 5. The first-order valence-electron chi connectivity index (χ1n) is 8.15. The molecule has 1 aromatic heterocycles. The molecule has 2 rings (SSSR count). The number of benzene rings is 1. The Bertz CT molecular complexity index is 1050. The molecule has 0 unspecified atom stereocenters. The Morgan fingerprint density at radius 3 is 2.31 bits per heavy atom. The van der Waals surface area contributed by atoms with Crippen molar-refractivity contribution in [1.82, 2.24) is 8.87 Å². The van der Waals surface area contributed by atoms with E-state index in [2.05, 4.69) is 5.32 Å². The Labute approximate surface area is 164 Å². The van der Waals surface area contributed by atoms with Crippen molar-refractivity contribution in [2.45, 2.75) is 31.0 Å². The van der Waals surface area contributed by atoms with E-state index in [1.54, 1.807) is 0 Å². The number of amides is 1. The normalized spacial score (nSPS) is 13.6. The molecule has 0 bridgehead atoms. The molecule has 0 aliphatic rings. The highest BCUT2D eigenvalue weighted by molar-refractivity contribution is 7.89. The summed E-state index contributed by atoms with van der Waals surface area (Å²) in [6.07, 6.45) is -3.76. The summed E-state index contributed by atoms with van der Waals surface area (Å²) in [6, 6.07) is 0.352. The molecule has 0 aliphatic carbocycles. The lowest BCUT2D eigenvalue weighted by Crippen LogP contribution is -2.44. The van der Waals surface area contributed by atoms with Crippen LogP contribution in [0.25, 0.3) is 0 Å². The van der Waals surface area contributed by atoms with E-state index in [9.17, 15) is 35.2 Å². The van der Waals surface area contributed by atoms with Crippen LogP contribution in [0.1, 0.15) is 23.0 Å². The van der Waals surface area contributed by atoms with Crippen molar-refractivity contribution >= 4 is 21.6 Å². The van der Waals surface area contributed by atoms with Crippen LogP contribution < -0.4 is 5.32 Å². The minimum absolute atomic E-state index is 0.0817. The van der Waals surface area contributed by atoms with Gasteiger partial charge in [-0.2, -0.15) is 17.5 Å². The number of aromatic nitrogens is 1. The van der Waals surface area contributed by atoms with Gasteiger partial charge in [0.25, 0.3) is 5.91 Å². The highest BCUT2D eigenvalue weighted by Crippen LogP contribution is 2.30. The van der Waals surface area contributed by atoms with Crippen molar-refractivity contribution in [1.29, 1.82) is 0 Å². The first kappa shape index (κ1) is 22.8. The zero-order valence-electron chi connectivity index (χ0n) is 15.8. The van der Waals surface area contributed by atoms with Gasteiger partial charge in [0.05, 0.1) is 0 Å². The summed E-state index contributed by atoms with van der Waals surface area (Å²) in [5.74, 6) is -3.16. The molecule has 0 aliphatic heterocycles. The number of sulfonamides is 1. The Balaban J connectivity index is 2.41. The second kappa shape index (κ2) is 7.75.